The van der Waals surface area contributed by atoms with E-state index in [9.17, 15) is 0 Å². The van der Waals surface area contributed by atoms with Gasteiger partial charge in [-0.3, -0.25) is 0 Å². The van der Waals surface area contributed by atoms with Crippen molar-refractivity contribution in [1.29, 1.82) is 0 Å². The van der Waals surface area contributed by atoms with Gasteiger partial charge in [0.25, 0.3) is 13.4 Å². The molecule has 11 nitrogen and oxygen atoms in total. The van der Waals surface area contributed by atoms with Crippen molar-refractivity contribution in [1.82, 2.24) is 34.1 Å². The molecule has 70 heavy (non-hydrogen) atoms. The van der Waals surface area contributed by atoms with Gasteiger partial charge in [-0.05, 0) is 110 Å². The SMILES string of the molecule is Cn1cc(-c2ccc3c(c2)B2c4cc(-n5cc(-c6ccccc6)cn5)cnc4Oc4cccc(c42)O3)cc1-c1ccc2c(c1)B1c3cc(-n4cc(-c5ccccc5)cn4)cnc3Oc3cccc(c31)O2. The molecule has 4 aliphatic heterocycles. The zero-order valence-corrected chi connectivity index (χ0v) is 37.4. The minimum atomic E-state index is -0.194. The normalized spacial score (nSPS) is 13.0. The van der Waals surface area contributed by atoms with Crippen molar-refractivity contribution in [3.05, 3.63) is 195 Å². The predicted octanol–water partition coefficient (Wildman–Crippen LogP) is 8.31. The van der Waals surface area contributed by atoms with Gasteiger partial charge in [0, 0.05) is 53.4 Å². The van der Waals surface area contributed by atoms with Crippen LogP contribution in [0.15, 0.2) is 195 Å². The van der Waals surface area contributed by atoms with Crippen LogP contribution in [0.1, 0.15) is 0 Å². The first kappa shape index (κ1) is 38.7. The molecule has 4 aliphatic rings. The molecule has 0 amide bonds. The fourth-order valence-corrected chi connectivity index (χ4v) is 10.7. The summed E-state index contributed by atoms with van der Waals surface area (Å²) in [6.45, 7) is -0.386. The number of pyridine rings is 2. The summed E-state index contributed by atoms with van der Waals surface area (Å²) in [5, 5.41) is 9.49. The number of aromatic nitrogens is 7. The van der Waals surface area contributed by atoms with Crippen molar-refractivity contribution in [2.75, 3.05) is 0 Å². The highest BCUT2D eigenvalue weighted by atomic mass is 16.5. The molecule has 9 heterocycles. The van der Waals surface area contributed by atoms with Gasteiger partial charge in [0.1, 0.15) is 34.5 Å². The summed E-state index contributed by atoms with van der Waals surface area (Å²) in [4.78, 5) is 9.77. The van der Waals surface area contributed by atoms with Crippen LogP contribution in [0.25, 0.3) is 56.0 Å². The van der Waals surface area contributed by atoms with Gasteiger partial charge in [-0.1, -0.05) is 91.0 Å². The summed E-state index contributed by atoms with van der Waals surface area (Å²) in [6, 6.07) is 52.0. The topological polar surface area (TPSA) is 103 Å². The maximum absolute atomic E-state index is 6.64. The number of rotatable bonds is 6. The smallest absolute Gasteiger partial charge is 0.262 e. The van der Waals surface area contributed by atoms with E-state index in [4.69, 9.17) is 39.1 Å². The van der Waals surface area contributed by atoms with Crippen molar-refractivity contribution in [2.24, 2.45) is 7.05 Å². The Kier molecular flexibility index (Phi) is 8.20. The molecule has 0 aliphatic carbocycles. The van der Waals surface area contributed by atoms with Crippen molar-refractivity contribution in [3.63, 3.8) is 0 Å². The lowest BCUT2D eigenvalue weighted by Crippen LogP contribution is -2.57. The second kappa shape index (κ2) is 14.8. The average molecular weight is 904 g/mol. The fraction of sp³-hybridized carbons (Fsp3) is 0.0175. The highest BCUT2D eigenvalue weighted by Gasteiger charge is 2.43. The first-order valence-electron chi connectivity index (χ1n) is 23.2. The van der Waals surface area contributed by atoms with E-state index in [0.29, 0.717) is 11.8 Å². The second-order valence-electron chi connectivity index (χ2n) is 18.1. The lowest BCUT2D eigenvalue weighted by Gasteiger charge is -2.32. The minimum absolute atomic E-state index is 0.191. The zero-order valence-electron chi connectivity index (χ0n) is 37.4. The van der Waals surface area contributed by atoms with E-state index in [0.717, 1.165) is 123 Å². The van der Waals surface area contributed by atoms with Crippen molar-refractivity contribution >= 4 is 46.2 Å². The molecule has 0 fully saturated rings. The highest BCUT2D eigenvalue weighted by Crippen LogP contribution is 2.39. The van der Waals surface area contributed by atoms with Crippen molar-refractivity contribution < 1.29 is 18.9 Å². The van der Waals surface area contributed by atoms with Crippen LogP contribution < -0.4 is 51.7 Å². The van der Waals surface area contributed by atoms with Crippen LogP contribution >= 0.6 is 0 Å². The summed E-state index contributed by atoms with van der Waals surface area (Å²) in [6.07, 6.45) is 13.7. The van der Waals surface area contributed by atoms with E-state index >= 15 is 0 Å². The van der Waals surface area contributed by atoms with Gasteiger partial charge in [0.15, 0.2) is 0 Å². The van der Waals surface area contributed by atoms with Gasteiger partial charge < -0.3 is 23.5 Å². The van der Waals surface area contributed by atoms with E-state index in [2.05, 4.69) is 96.7 Å². The molecule has 0 bridgehead atoms. The van der Waals surface area contributed by atoms with Gasteiger partial charge >= 0.3 is 0 Å². The molecule has 0 saturated carbocycles. The molecule has 6 aromatic carbocycles. The Morgan fingerprint density at radius 2 is 0.857 bits per heavy atom. The average Bonchev–Trinajstić information content (AvgIpc) is 4.20. The lowest BCUT2D eigenvalue weighted by atomic mass is 9.35. The van der Waals surface area contributed by atoms with Crippen LogP contribution in [0.2, 0.25) is 0 Å². The molecule has 0 saturated heterocycles. The zero-order chi connectivity index (χ0) is 46.0. The van der Waals surface area contributed by atoms with Crippen LogP contribution in [0.5, 0.6) is 46.3 Å². The molecular formula is C57H35B2N7O4. The van der Waals surface area contributed by atoms with Gasteiger partial charge in [0.2, 0.25) is 11.8 Å². The van der Waals surface area contributed by atoms with E-state index in [1.165, 1.54) is 0 Å². The number of fused-ring (bicyclic) bond motifs is 8. The largest absolute Gasteiger partial charge is 0.458 e. The molecule has 0 unspecified atom stereocenters. The molecule has 13 heteroatoms. The first-order chi connectivity index (χ1) is 34.5. The monoisotopic (exact) mass is 903 g/mol. The van der Waals surface area contributed by atoms with E-state index in [1.807, 2.05) is 119 Å². The predicted molar refractivity (Wildman–Crippen MR) is 272 cm³/mol. The van der Waals surface area contributed by atoms with Crippen LogP contribution in [0.3, 0.4) is 0 Å². The molecule has 0 radical (unpaired) electrons. The van der Waals surface area contributed by atoms with Crippen LogP contribution in [-0.4, -0.2) is 47.5 Å². The third kappa shape index (κ3) is 5.97. The van der Waals surface area contributed by atoms with Crippen molar-refractivity contribution in [3.8, 4) is 102 Å². The van der Waals surface area contributed by atoms with Gasteiger partial charge in [-0.25, -0.2) is 19.3 Å². The molecule has 11 aromatic rings. The van der Waals surface area contributed by atoms with Crippen LogP contribution in [-0.2, 0) is 7.05 Å². The number of nitrogens with zero attached hydrogens (tertiary/aromatic N) is 7. The van der Waals surface area contributed by atoms with E-state index in [-0.39, 0.29) is 13.4 Å². The van der Waals surface area contributed by atoms with Gasteiger partial charge in [-0.15, -0.1) is 0 Å². The molecule has 0 N–H and O–H groups in total. The number of hydrogen-bond acceptors (Lipinski definition) is 8. The molecule has 15 rings (SSSR count). The molecule has 5 aromatic heterocycles. The number of aryl methyl sites for hydroxylation is 1. The van der Waals surface area contributed by atoms with E-state index in [1.54, 1.807) is 0 Å². The summed E-state index contributed by atoms with van der Waals surface area (Å²) in [7, 11) is 2.10. The second-order valence-corrected chi connectivity index (χ2v) is 18.1. The third-order valence-electron chi connectivity index (χ3n) is 14.0. The number of ether oxygens (including phenoxy) is 4. The number of hydrogen-bond donors (Lipinski definition) is 0. The van der Waals surface area contributed by atoms with Gasteiger partial charge in [0.05, 0.1) is 36.2 Å². The van der Waals surface area contributed by atoms with Crippen LogP contribution in [0.4, 0.5) is 0 Å². The Morgan fingerprint density at radius 3 is 1.39 bits per heavy atom. The van der Waals surface area contributed by atoms with Gasteiger partial charge in [-0.2, -0.15) is 10.2 Å². The minimum Gasteiger partial charge on any atom is -0.458 e. The lowest BCUT2D eigenvalue weighted by molar-refractivity contribution is 0.452. The highest BCUT2D eigenvalue weighted by molar-refractivity contribution is 6.99. The standard InChI is InChI=1S/C57H35B2N7O4/c1-64-31-38(36-18-20-48-43(22-36)58-45-25-41(65-32-39(27-62-65)34-10-4-2-5-11-34)29-60-56(45)69-52-16-8-14-50(67-48)54(52)58)24-47(64)37-19-21-49-44(23-37)59-46-26-42(66-33-40(28-63-66)35-12-6-3-7-13-35)30-61-57(46)70-53-17-9-15-51(68-49)55(53)59/h2-33H,1H3. The number of benzene rings is 6. The third-order valence-corrected chi connectivity index (χ3v) is 14.0. The maximum Gasteiger partial charge on any atom is 0.262 e. The summed E-state index contributed by atoms with van der Waals surface area (Å²) in [5.74, 6) is 5.75. The Balaban J connectivity index is 0.799. The Morgan fingerprint density at radius 1 is 0.371 bits per heavy atom. The molecule has 0 spiro atoms. The summed E-state index contributed by atoms with van der Waals surface area (Å²) >= 11 is 0. The molecule has 328 valence electrons. The maximum atomic E-state index is 6.64. The van der Waals surface area contributed by atoms with E-state index < -0.39 is 0 Å². The Bertz CT molecular complexity index is 3930. The summed E-state index contributed by atoms with van der Waals surface area (Å²) in [5.41, 5.74) is 16.1. The summed E-state index contributed by atoms with van der Waals surface area (Å²) < 4.78 is 32.2. The Hall–Kier alpha value is -9.35. The quantitative estimate of drug-likeness (QED) is 0.154. The van der Waals surface area contributed by atoms with Crippen LogP contribution in [0, 0.1) is 0 Å². The molecule has 0 atom stereocenters. The first-order valence-corrected chi connectivity index (χ1v) is 23.2. The Labute approximate surface area is 402 Å². The van der Waals surface area contributed by atoms with Crippen molar-refractivity contribution in [2.45, 2.75) is 0 Å². The fourth-order valence-electron chi connectivity index (χ4n) is 10.7. The molecular weight excluding hydrogens is 868 g/mol.